The predicted molar refractivity (Wildman–Crippen MR) is 119 cm³/mol. The number of aryl methyl sites for hydroxylation is 2. The molecule has 10 heteroatoms. The fourth-order valence-electron chi connectivity index (χ4n) is 3.41. The third-order valence-corrected chi connectivity index (χ3v) is 6.06. The normalized spacial score (nSPS) is 11.2. The van der Waals surface area contributed by atoms with Crippen LogP contribution in [0.4, 0.5) is 14.5 Å². The Kier molecular flexibility index (Phi) is 5.95. The molecule has 4 rings (SSSR count). The van der Waals surface area contributed by atoms with Gasteiger partial charge >= 0.3 is 0 Å². The number of hydrogen-bond acceptors (Lipinski definition) is 5. The van der Waals surface area contributed by atoms with Crippen LogP contribution in [0.3, 0.4) is 0 Å². The molecule has 0 aliphatic heterocycles. The van der Waals surface area contributed by atoms with E-state index in [4.69, 9.17) is 5.73 Å². The molecule has 0 fully saturated rings. The van der Waals surface area contributed by atoms with Crippen molar-refractivity contribution in [3.63, 3.8) is 0 Å². The predicted octanol–water partition coefficient (Wildman–Crippen LogP) is 4.53. The number of pyridine rings is 1. The second-order valence-corrected chi connectivity index (χ2v) is 8.10. The highest BCUT2D eigenvalue weighted by Crippen LogP contribution is 2.42. The Bertz CT molecular complexity index is 1300. The Morgan fingerprint density at radius 3 is 2.59 bits per heavy atom. The van der Waals surface area contributed by atoms with Crippen LogP contribution >= 0.6 is 11.3 Å². The van der Waals surface area contributed by atoms with E-state index in [1.165, 1.54) is 6.07 Å². The number of amides is 2. The van der Waals surface area contributed by atoms with E-state index in [0.29, 0.717) is 23.1 Å². The SMILES string of the molecule is Cc1ccnn1CCC(=O)Nc1c(C(N)=O)sc2nc(C(F)F)cc(-c3ccccc3)c12. The third-order valence-electron chi connectivity index (χ3n) is 4.96. The maximum atomic E-state index is 13.5. The van der Waals surface area contributed by atoms with Crippen LogP contribution in [0, 0.1) is 6.92 Å². The first-order valence-corrected chi connectivity index (χ1v) is 10.6. The Labute approximate surface area is 185 Å². The van der Waals surface area contributed by atoms with Gasteiger partial charge in [0.05, 0.1) is 5.69 Å². The summed E-state index contributed by atoms with van der Waals surface area (Å²) in [4.78, 5) is 29.1. The molecular formula is C22H19F2N5O2S. The highest BCUT2D eigenvalue weighted by molar-refractivity contribution is 7.21. The van der Waals surface area contributed by atoms with Crippen molar-refractivity contribution in [3.8, 4) is 11.1 Å². The number of aromatic nitrogens is 3. The summed E-state index contributed by atoms with van der Waals surface area (Å²) in [5, 5.41) is 7.31. The third kappa shape index (κ3) is 4.22. The number of nitrogens with one attached hydrogen (secondary N) is 1. The molecule has 0 radical (unpaired) electrons. The maximum absolute atomic E-state index is 13.5. The molecule has 164 valence electrons. The van der Waals surface area contributed by atoms with Crippen LogP contribution in [-0.4, -0.2) is 26.6 Å². The number of carbonyl (C=O) groups excluding carboxylic acids is 2. The molecular weight excluding hydrogens is 436 g/mol. The van der Waals surface area contributed by atoms with Crippen molar-refractivity contribution < 1.29 is 18.4 Å². The number of fused-ring (bicyclic) bond motifs is 1. The zero-order valence-electron chi connectivity index (χ0n) is 17.0. The summed E-state index contributed by atoms with van der Waals surface area (Å²) in [6.07, 6.45) is -1.05. The van der Waals surface area contributed by atoms with Crippen molar-refractivity contribution >= 4 is 39.1 Å². The fourth-order valence-corrected chi connectivity index (χ4v) is 4.42. The van der Waals surface area contributed by atoms with Gasteiger partial charge < -0.3 is 11.1 Å². The molecule has 0 atom stereocenters. The van der Waals surface area contributed by atoms with Gasteiger partial charge in [0.2, 0.25) is 5.91 Å². The lowest BCUT2D eigenvalue weighted by atomic mass is 10.0. The van der Waals surface area contributed by atoms with Gasteiger partial charge in [-0.3, -0.25) is 14.3 Å². The van der Waals surface area contributed by atoms with Gasteiger partial charge in [0.15, 0.2) is 0 Å². The molecule has 3 aromatic heterocycles. The maximum Gasteiger partial charge on any atom is 0.280 e. The molecule has 0 aliphatic rings. The lowest BCUT2D eigenvalue weighted by Gasteiger charge is -2.11. The number of carbonyl (C=O) groups is 2. The number of primary amides is 1. The summed E-state index contributed by atoms with van der Waals surface area (Å²) in [6, 6.07) is 12.0. The number of nitrogens with zero attached hydrogens (tertiary/aromatic N) is 3. The van der Waals surface area contributed by atoms with Crippen LogP contribution in [-0.2, 0) is 11.3 Å². The minimum Gasteiger partial charge on any atom is -0.365 e. The Hall–Kier alpha value is -3.66. The number of anilines is 1. The van der Waals surface area contributed by atoms with Crippen molar-refractivity contribution in [2.24, 2.45) is 5.73 Å². The fraction of sp³-hybridized carbons (Fsp3) is 0.182. The van der Waals surface area contributed by atoms with E-state index >= 15 is 0 Å². The van der Waals surface area contributed by atoms with Crippen LogP contribution in [0.1, 0.15) is 33.9 Å². The summed E-state index contributed by atoms with van der Waals surface area (Å²) >= 11 is 0.881. The molecule has 0 spiro atoms. The monoisotopic (exact) mass is 455 g/mol. The molecule has 0 aliphatic carbocycles. The summed E-state index contributed by atoms with van der Waals surface area (Å²) in [6.45, 7) is 2.22. The van der Waals surface area contributed by atoms with Crippen LogP contribution in [0.5, 0.6) is 0 Å². The topological polar surface area (TPSA) is 103 Å². The van der Waals surface area contributed by atoms with E-state index in [0.717, 1.165) is 17.0 Å². The summed E-state index contributed by atoms with van der Waals surface area (Å²) in [5.41, 5.74) is 7.31. The van der Waals surface area contributed by atoms with E-state index in [1.807, 2.05) is 13.0 Å². The molecule has 32 heavy (non-hydrogen) atoms. The number of hydrogen-bond donors (Lipinski definition) is 2. The van der Waals surface area contributed by atoms with Crippen molar-refractivity contribution in [2.45, 2.75) is 26.3 Å². The number of benzene rings is 1. The number of nitrogens with two attached hydrogens (primary N) is 1. The van der Waals surface area contributed by atoms with Gasteiger partial charge in [-0.25, -0.2) is 13.8 Å². The first kappa shape index (κ1) is 21.6. The standard InChI is InChI=1S/C22H19F2N5O2S/c1-12-7-9-26-29(12)10-8-16(30)28-18-17-14(13-5-3-2-4-6-13)11-15(20(23)24)27-22(17)32-19(18)21(25)31/h2-7,9,11,20H,8,10H2,1H3,(H2,25,31)(H,28,30). The molecule has 0 bridgehead atoms. The minimum absolute atomic E-state index is 0.0553. The molecule has 0 unspecified atom stereocenters. The summed E-state index contributed by atoms with van der Waals surface area (Å²) in [5.74, 6) is -1.14. The minimum atomic E-state index is -2.80. The molecule has 0 saturated heterocycles. The van der Waals surface area contributed by atoms with Gasteiger partial charge in [0.1, 0.15) is 15.4 Å². The van der Waals surface area contributed by atoms with Crippen molar-refractivity contribution in [3.05, 3.63) is 64.9 Å². The van der Waals surface area contributed by atoms with Gasteiger partial charge in [0, 0.05) is 30.2 Å². The average molecular weight is 455 g/mol. The van der Waals surface area contributed by atoms with Gasteiger partial charge in [-0.05, 0) is 30.2 Å². The summed E-state index contributed by atoms with van der Waals surface area (Å²) < 4.78 is 28.7. The van der Waals surface area contributed by atoms with E-state index in [2.05, 4.69) is 15.4 Å². The van der Waals surface area contributed by atoms with E-state index in [1.54, 1.807) is 41.2 Å². The lowest BCUT2D eigenvalue weighted by molar-refractivity contribution is -0.116. The number of thiophene rings is 1. The highest BCUT2D eigenvalue weighted by atomic mass is 32.1. The van der Waals surface area contributed by atoms with Gasteiger partial charge in [-0.2, -0.15) is 5.10 Å². The van der Waals surface area contributed by atoms with Crippen LogP contribution in [0.15, 0.2) is 48.7 Å². The van der Waals surface area contributed by atoms with Gasteiger partial charge in [0.25, 0.3) is 12.3 Å². The molecule has 4 aromatic rings. The van der Waals surface area contributed by atoms with Gasteiger partial charge in [-0.15, -0.1) is 11.3 Å². The first-order valence-electron chi connectivity index (χ1n) is 9.74. The molecule has 3 heterocycles. The van der Waals surface area contributed by atoms with E-state index in [9.17, 15) is 18.4 Å². The zero-order chi connectivity index (χ0) is 22.8. The molecule has 7 nitrogen and oxygen atoms in total. The quantitative estimate of drug-likeness (QED) is 0.427. The number of alkyl halides is 2. The van der Waals surface area contributed by atoms with Crippen molar-refractivity contribution in [1.82, 2.24) is 14.8 Å². The van der Waals surface area contributed by atoms with Crippen molar-refractivity contribution in [2.75, 3.05) is 5.32 Å². The Balaban J connectivity index is 1.79. The lowest BCUT2D eigenvalue weighted by Crippen LogP contribution is -2.18. The number of halogens is 2. The highest BCUT2D eigenvalue weighted by Gasteiger charge is 2.24. The van der Waals surface area contributed by atoms with Crippen molar-refractivity contribution in [1.29, 1.82) is 0 Å². The van der Waals surface area contributed by atoms with Crippen LogP contribution < -0.4 is 11.1 Å². The zero-order valence-corrected chi connectivity index (χ0v) is 17.8. The van der Waals surface area contributed by atoms with E-state index in [-0.39, 0.29) is 27.7 Å². The molecule has 0 saturated carbocycles. The largest absolute Gasteiger partial charge is 0.365 e. The number of rotatable bonds is 7. The molecule has 1 aromatic carbocycles. The average Bonchev–Trinajstić information content (AvgIpc) is 3.35. The second kappa shape index (κ2) is 8.83. The first-order chi connectivity index (χ1) is 15.3. The molecule has 3 N–H and O–H groups in total. The Morgan fingerprint density at radius 2 is 1.97 bits per heavy atom. The van der Waals surface area contributed by atoms with E-state index < -0.39 is 18.0 Å². The summed E-state index contributed by atoms with van der Waals surface area (Å²) in [7, 11) is 0. The second-order valence-electron chi connectivity index (χ2n) is 7.11. The van der Waals surface area contributed by atoms with Crippen LogP contribution in [0.25, 0.3) is 21.3 Å². The van der Waals surface area contributed by atoms with Gasteiger partial charge in [-0.1, -0.05) is 30.3 Å². The smallest absolute Gasteiger partial charge is 0.280 e. The van der Waals surface area contributed by atoms with Crippen LogP contribution in [0.2, 0.25) is 0 Å². The molecule has 2 amide bonds. The Morgan fingerprint density at radius 1 is 1.22 bits per heavy atom.